The van der Waals surface area contributed by atoms with Crippen LogP contribution in [0, 0.1) is 10.1 Å². The van der Waals surface area contributed by atoms with Gasteiger partial charge in [-0.05, 0) is 25.1 Å². The van der Waals surface area contributed by atoms with Gasteiger partial charge in [0.2, 0.25) is 0 Å². The lowest BCUT2D eigenvalue weighted by Crippen LogP contribution is -2.14. The zero-order valence-electron chi connectivity index (χ0n) is 11.3. The summed E-state index contributed by atoms with van der Waals surface area (Å²) in [7, 11) is 0. The summed E-state index contributed by atoms with van der Waals surface area (Å²) in [5.74, 6) is 0. The van der Waals surface area contributed by atoms with E-state index in [4.69, 9.17) is 23.2 Å². The third-order valence-electron chi connectivity index (χ3n) is 2.81. The average Bonchev–Trinajstić information content (AvgIpc) is 2.86. The van der Waals surface area contributed by atoms with Crippen molar-refractivity contribution in [2.45, 2.75) is 19.9 Å². The number of nitro benzene ring substituents is 1. The van der Waals surface area contributed by atoms with Gasteiger partial charge in [0.25, 0.3) is 5.69 Å². The van der Waals surface area contributed by atoms with Crippen LogP contribution in [0.25, 0.3) is 5.69 Å². The topological polar surface area (TPSA) is 73.0 Å². The van der Waals surface area contributed by atoms with Gasteiger partial charge in [0.1, 0.15) is 0 Å². The van der Waals surface area contributed by atoms with E-state index >= 15 is 0 Å². The minimum atomic E-state index is -0.524. The Kier molecular flexibility index (Phi) is 5.17. The van der Waals surface area contributed by atoms with E-state index in [2.05, 4.69) is 17.3 Å². The number of rotatable bonds is 6. The van der Waals surface area contributed by atoms with Crippen LogP contribution in [-0.4, -0.2) is 21.2 Å². The first-order valence-corrected chi connectivity index (χ1v) is 7.17. The van der Waals surface area contributed by atoms with Crippen molar-refractivity contribution in [1.29, 1.82) is 0 Å². The lowest BCUT2D eigenvalue weighted by Gasteiger charge is -2.06. The fourth-order valence-corrected chi connectivity index (χ4v) is 2.46. The minimum Gasteiger partial charge on any atom is -0.311 e. The van der Waals surface area contributed by atoms with Crippen molar-refractivity contribution in [3.8, 4) is 5.69 Å². The van der Waals surface area contributed by atoms with Crippen LogP contribution in [-0.2, 0) is 6.54 Å². The molecule has 6 nitrogen and oxygen atoms in total. The Labute approximate surface area is 131 Å². The molecule has 0 fully saturated rings. The summed E-state index contributed by atoms with van der Waals surface area (Å²) in [6, 6.07) is 4.51. The zero-order valence-corrected chi connectivity index (χ0v) is 12.9. The van der Waals surface area contributed by atoms with Gasteiger partial charge in [0, 0.05) is 23.8 Å². The maximum atomic E-state index is 11.2. The number of nitro groups is 1. The van der Waals surface area contributed by atoms with E-state index in [1.165, 1.54) is 16.8 Å². The van der Waals surface area contributed by atoms with Crippen molar-refractivity contribution >= 4 is 28.9 Å². The van der Waals surface area contributed by atoms with Crippen LogP contribution in [0.15, 0.2) is 24.4 Å². The molecule has 0 aliphatic carbocycles. The molecule has 0 radical (unpaired) electrons. The Morgan fingerprint density at radius 3 is 2.86 bits per heavy atom. The third kappa shape index (κ3) is 3.72. The minimum absolute atomic E-state index is 0.177. The van der Waals surface area contributed by atoms with Crippen molar-refractivity contribution in [2.24, 2.45) is 0 Å². The largest absolute Gasteiger partial charge is 0.311 e. The van der Waals surface area contributed by atoms with E-state index in [1.54, 1.807) is 12.3 Å². The molecule has 0 aliphatic rings. The summed E-state index contributed by atoms with van der Waals surface area (Å²) in [6.45, 7) is 3.55. The van der Waals surface area contributed by atoms with Crippen molar-refractivity contribution in [2.75, 3.05) is 6.54 Å². The standard InChI is InChI=1S/C13H14Cl2N4O2/c1-2-4-16-8-10-3-5-18(17-10)13-11(15)6-9(14)7-12(13)19(20)21/h3,5-7,16H,2,4,8H2,1H3. The molecule has 0 aliphatic heterocycles. The smallest absolute Gasteiger partial charge is 0.297 e. The maximum Gasteiger partial charge on any atom is 0.297 e. The van der Waals surface area contributed by atoms with Gasteiger partial charge in [-0.25, -0.2) is 4.68 Å². The molecule has 0 bridgehead atoms. The van der Waals surface area contributed by atoms with Crippen LogP contribution in [0.2, 0.25) is 10.0 Å². The molecule has 1 N–H and O–H groups in total. The van der Waals surface area contributed by atoms with Gasteiger partial charge in [0.15, 0.2) is 5.69 Å². The second-order valence-corrected chi connectivity index (χ2v) is 5.28. The molecule has 0 saturated heterocycles. The van der Waals surface area contributed by atoms with Crippen molar-refractivity contribution in [3.05, 3.63) is 50.2 Å². The lowest BCUT2D eigenvalue weighted by atomic mass is 10.2. The van der Waals surface area contributed by atoms with E-state index in [0.29, 0.717) is 6.54 Å². The third-order valence-corrected chi connectivity index (χ3v) is 3.32. The summed E-state index contributed by atoms with van der Waals surface area (Å²) >= 11 is 11.9. The highest BCUT2D eigenvalue weighted by Gasteiger charge is 2.21. The molecule has 1 heterocycles. The second-order valence-electron chi connectivity index (χ2n) is 4.44. The van der Waals surface area contributed by atoms with Crippen LogP contribution >= 0.6 is 23.2 Å². The molecule has 8 heteroatoms. The number of hydrogen-bond donors (Lipinski definition) is 1. The number of benzene rings is 1. The van der Waals surface area contributed by atoms with Crippen LogP contribution < -0.4 is 5.32 Å². The molecule has 0 amide bonds. The second kappa shape index (κ2) is 6.89. The number of nitrogens with zero attached hydrogens (tertiary/aromatic N) is 3. The Morgan fingerprint density at radius 2 is 2.19 bits per heavy atom. The molecule has 2 rings (SSSR count). The highest BCUT2D eigenvalue weighted by atomic mass is 35.5. The van der Waals surface area contributed by atoms with Gasteiger partial charge >= 0.3 is 0 Å². The van der Waals surface area contributed by atoms with Crippen molar-refractivity contribution in [3.63, 3.8) is 0 Å². The summed E-state index contributed by atoms with van der Waals surface area (Å²) < 4.78 is 1.40. The summed E-state index contributed by atoms with van der Waals surface area (Å²) in [4.78, 5) is 10.6. The summed E-state index contributed by atoms with van der Waals surface area (Å²) in [5, 5.41) is 19.1. The molecular weight excluding hydrogens is 315 g/mol. The predicted molar refractivity (Wildman–Crippen MR) is 82.2 cm³/mol. The highest BCUT2D eigenvalue weighted by molar-refractivity contribution is 6.36. The molecule has 21 heavy (non-hydrogen) atoms. The van der Waals surface area contributed by atoms with Gasteiger partial charge in [-0.3, -0.25) is 10.1 Å². The first-order valence-electron chi connectivity index (χ1n) is 6.42. The van der Waals surface area contributed by atoms with Crippen molar-refractivity contribution < 1.29 is 4.92 Å². The Hall–Kier alpha value is -1.63. The lowest BCUT2D eigenvalue weighted by molar-refractivity contribution is -0.384. The maximum absolute atomic E-state index is 11.2. The van der Waals surface area contributed by atoms with Gasteiger partial charge in [0.05, 0.1) is 15.6 Å². The van der Waals surface area contributed by atoms with Crippen LogP contribution in [0.5, 0.6) is 0 Å². The van der Waals surface area contributed by atoms with Gasteiger partial charge in [-0.15, -0.1) is 0 Å². The fraction of sp³-hybridized carbons (Fsp3) is 0.308. The van der Waals surface area contributed by atoms with Gasteiger partial charge in [-0.2, -0.15) is 5.10 Å². The first-order chi connectivity index (χ1) is 10.0. The highest BCUT2D eigenvalue weighted by Crippen LogP contribution is 2.33. The fourth-order valence-electron chi connectivity index (χ4n) is 1.89. The molecule has 0 spiro atoms. The molecule has 1 aromatic carbocycles. The summed E-state index contributed by atoms with van der Waals surface area (Å²) in [5.41, 5.74) is 0.820. The predicted octanol–water partition coefficient (Wildman–Crippen LogP) is 3.59. The quantitative estimate of drug-likeness (QED) is 0.499. The van der Waals surface area contributed by atoms with E-state index < -0.39 is 4.92 Å². The van der Waals surface area contributed by atoms with E-state index in [-0.39, 0.29) is 21.4 Å². The number of nitrogens with one attached hydrogen (secondary N) is 1. The molecule has 2 aromatic rings. The van der Waals surface area contributed by atoms with Crippen LogP contribution in [0.1, 0.15) is 19.0 Å². The Balaban J connectivity index is 2.36. The molecular formula is C13H14Cl2N4O2. The molecule has 0 saturated carbocycles. The van der Waals surface area contributed by atoms with Crippen LogP contribution in [0.3, 0.4) is 0 Å². The average molecular weight is 329 g/mol. The van der Waals surface area contributed by atoms with Gasteiger partial charge < -0.3 is 5.32 Å². The monoisotopic (exact) mass is 328 g/mol. The molecule has 112 valence electrons. The number of hydrogen-bond acceptors (Lipinski definition) is 4. The van der Waals surface area contributed by atoms with Crippen LogP contribution in [0.4, 0.5) is 5.69 Å². The molecule has 0 unspecified atom stereocenters. The molecule has 1 aromatic heterocycles. The number of halogens is 2. The Morgan fingerprint density at radius 1 is 1.43 bits per heavy atom. The normalized spacial score (nSPS) is 10.8. The SMILES string of the molecule is CCCNCc1ccn(-c2c(Cl)cc(Cl)cc2[N+](=O)[O-])n1. The van der Waals surface area contributed by atoms with Gasteiger partial charge in [-0.1, -0.05) is 30.1 Å². The van der Waals surface area contributed by atoms with E-state index in [9.17, 15) is 10.1 Å². The number of aromatic nitrogens is 2. The van der Waals surface area contributed by atoms with E-state index in [0.717, 1.165) is 18.7 Å². The first kappa shape index (κ1) is 15.8. The van der Waals surface area contributed by atoms with E-state index in [1.807, 2.05) is 0 Å². The molecule has 0 atom stereocenters. The van der Waals surface area contributed by atoms with Crippen molar-refractivity contribution in [1.82, 2.24) is 15.1 Å². The summed E-state index contributed by atoms with van der Waals surface area (Å²) in [6.07, 6.45) is 2.67. The zero-order chi connectivity index (χ0) is 15.4. The Bertz CT molecular complexity index is 658.